The van der Waals surface area contributed by atoms with Gasteiger partial charge in [-0.05, 0) is 59.1 Å². The molecular formula is C45H55N9O6. The van der Waals surface area contributed by atoms with Crippen LogP contribution < -0.4 is 26.2 Å². The summed E-state index contributed by atoms with van der Waals surface area (Å²) in [5.41, 5.74) is 6.67. The number of likely N-dealkylation sites (tertiary alicyclic amines) is 1. The summed E-state index contributed by atoms with van der Waals surface area (Å²) in [5.74, 6) is 0.0421. The topological polar surface area (TPSA) is 173 Å². The third-order valence-corrected chi connectivity index (χ3v) is 11.5. The monoisotopic (exact) mass is 817 g/mol. The number of imidazole rings is 1. The molecule has 4 heterocycles. The van der Waals surface area contributed by atoms with Crippen molar-refractivity contribution in [3.8, 4) is 22.4 Å². The molecular weight excluding hydrogens is 763 g/mol. The number of ether oxygens (including phenoxy) is 2. The summed E-state index contributed by atoms with van der Waals surface area (Å²) in [5, 5.41) is 12.7. The highest BCUT2D eigenvalue weighted by molar-refractivity contribution is 5.89. The second kappa shape index (κ2) is 18.3. The number of methoxy groups -OCH3 is 2. The van der Waals surface area contributed by atoms with Gasteiger partial charge in [-0.15, -0.1) is 0 Å². The van der Waals surface area contributed by atoms with Gasteiger partial charge in [-0.25, -0.2) is 14.6 Å². The van der Waals surface area contributed by atoms with Crippen LogP contribution in [0.1, 0.15) is 58.0 Å². The lowest BCUT2D eigenvalue weighted by Crippen LogP contribution is -2.58. The van der Waals surface area contributed by atoms with E-state index >= 15 is 0 Å². The standard InChI is InChI=1S/C45H55N9O6/c1-27(2)38(50-44(57)59-5)42(55)53-22-10-13-37(53)40-46-23-34(48-40)31-18-14-29(15-19-31)30-16-20-32(21-17-30)35-25-54(43(56)39(28(3)4)51-45(58)60-6)41(49-35)36-24-52(26-47-36)33-11-8-7-9-12-33/h7-9,11-12,14-21,23,25,27-28,36-39,41,47,49H,10,13,22,24,26H2,1-6H3,(H,46,48)(H,50,57)(H,51,58). The van der Waals surface area contributed by atoms with Crippen molar-refractivity contribution in [3.05, 3.63) is 103 Å². The highest BCUT2D eigenvalue weighted by Gasteiger charge is 2.42. The molecule has 60 heavy (non-hydrogen) atoms. The Labute approximate surface area is 350 Å². The first-order chi connectivity index (χ1) is 28.9. The second-order valence-electron chi connectivity index (χ2n) is 16.1. The molecule has 4 aromatic rings. The van der Waals surface area contributed by atoms with E-state index in [2.05, 4.69) is 72.5 Å². The van der Waals surface area contributed by atoms with Crippen molar-refractivity contribution in [1.29, 1.82) is 0 Å². The quantitative estimate of drug-likeness (QED) is 0.120. The van der Waals surface area contributed by atoms with E-state index in [0.29, 0.717) is 25.6 Å². The maximum atomic E-state index is 14.2. The summed E-state index contributed by atoms with van der Waals surface area (Å²) >= 11 is 0. The number of amides is 4. The number of carbonyl (C=O) groups is 4. The highest BCUT2D eigenvalue weighted by Crippen LogP contribution is 2.34. The number of benzene rings is 3. The van der Waals surface area contributed by atoms with Gasteiger partial charge in [-0.3, -0.25) is 19.8 Å². The van der Waals surface area contributed by atoms with Crippen molar-refractivity contribution in [1.82, 2.24) is 41.0 Å². The van der Waals surface area contributed by atoms with E-state index in [1.165, 1.54) is 14.2 Å². The average Bonchev–Trinajstić information content (AvgIpc) is 4.11. The largest absolute Gasteiger partial charge is 0.453 e. The number of hydrogen-bond acceptors (Lipinski definition) is 10. The minimum atomic E-state index is -0.788. The summed E-state index contributed by atoms with van der Waals surface area (Å²) in [6, 6.07) is 24.8. The fourth-order valence-corrected chi connectivity index (χ4v) is 8.17. The number of H-pyrrole nitrogens is 1. The molecule has 5 N–H and O–H groups in total. The van der Waals surface area contributed by atoms with Crippen LogP contribution in [0.25, 0.3) is 28.1 Å². The van der Waals surface area contributed by atoms with Gasteiger partial charge in [0.15, 0.2) is 0 Å². The molecule has 0 saturated carbocycles. The average molecular weight is 818 g/mol. The lowest BCUT2D eigenvalue weighted by atomic mass is 10.0. The summed E-state index contributed by atoms with van der Waals surface area (Å²) in [6.45, 7) is 9.48. The number of para-hydroxylation sites is 1. The molecule has 3 aliphatic heterocycles. The first-order valence-electron chi connectivity index (χ1n) is 20.5. The SMILES string of the molecule is COC(=O)NC(C(=O)N1C=C(c2ccc(-c3ccc(-c4cnc(C5CCCN5C(=O)C(NC(=O)OC)C(C)C)[nH]4)cc3)cc2)NC1C1CN(c2ccccc2)CN1)C(C)C. The Morgan fingerprint density at radius 2 is 1.35 bits per heavy atom. The van der Waals surface area contributed by atoms with E-state index in [9.17, 15) is 19.2 Å². The van der Waals surface area contributed by atoms with Crippen LogP contribution in [0.4, 0.5) is 15.3 Å². The molecule has 0 spiro atoms. The van der Waals surface area contributed by atoms with E-state index in [1.807, 2.05) is 76.4 Å². The zero-order valence-corrected chi connectivity index (χ0v) is 35.0. The van der Waals surface area contributed by atoms with E-state index in [1.54, 1.807) is 16.0 Å². The maximum absolute atomic E-state index is 14.2. The van der Waals surface area contributed by atoms with Crippen molar-refractivity contribution < 1.29 is 28.7 Å². The van der Waals surface area contributed by atoms with Crippen LogP contribution in [-0.2, 0) is 19.1 Å². The van der Waals surface area contributed by atoms with Gasteiger partial charge in [0.25, 0.3) is 5.91 Å². The summed E-state index contributed by atoms with van der Waals surface area (Å²) in [6.07, 6.45) is 3.56. The van der Waals surface area contributed by atoms with E-state index in [0.717, 1.165) is 52.2 Å². The van der Waals surface area contributed by atoms with Crippen LogP contribution >= 0.6 is 0 Å². The van der Waals surface area contributed by atoms with Gasteiger partial charge >= 0.3 is 12.2 Å². The first-order valence-corrected chi connectivity index (χ1v) is 20.5. The summed E-state index contributed by atoms with van der Waals surface area (Å²) < 4.78 is 9.62. The lowest BCUT2D eigenvalue weighted by Gasteiger charge is -2.32. The third kappa shape index (κ3) is 8.95. The van der Waals surface area contributed by atoms with E-state index in [-0.39, 0.29) is 35.7 Å². The summed E-state index contributed by atoms with van der Waals surface area (Å²) in [7, 11) is 2.58. The molecule has 5 unspecified atom stereocenters. The Morgan fingerprint density at radius 1 is 0.767 bits per heavy atom. The van der Waals surface area contributed by atoms with Crippen LogP contribution in [0.15, 0.2) is 91.3 Å². The number of carbonyl (C=O) groups excluding carboxylic acids is 4. The zero-order valence-electron chi connectivity index (χ0n) is 35.0. The van der Waals surface area contributed by atoms with E-state index in [4.69, 9.17) is 9.47 Å². The molecule has 3 aromatic carbocycles. The molecule has 2 saturated heterocycles. The fourth-order valence-electron chi connectivity index (χ4n) is 8.17. The number of alkyl carbamates (subject to hydrolysis) is 2. The van der Waals surface area contributed by atoms with Gasteiger partial charge in [0.2, 0.25) is 5.91 Å². The van der Waals surface area contributed by atoms with Crippen LogP contribution in [-0.4, -0.2) is 102 Å². The molecule has 2 fully saturated rings. The number of anilines is 1. The van der Waals surface area contributed by atoms with Crippen molar-refractivity contribution in [3.63, 3.8) is 0 Å². The van der Waals surface area contributed by atoms with Crippen LogP contribution in [0.2, 0.25) is 0 Å². The van der Waals surface area contributed by atoms with Crippen LogP contribution in [0.5, 0.6) is 0 Å². The van der Waals surface area contributed by atoms with Crippen molar-refractivity contribution in [2.75, 3.05) is 38.9 Å². The number of nitrogens with one attached hydrogen (secondary N) is 5. The Kier molecular flexibility index (Phi) is 12.7. The lowest BCUT2D eigenvalue weighted by molar-refractivity contribution is -0.135. The molecule has 4 amide bonds. The number of hydrogen-bond donors (Lipinski definition) is 5. The van der Waals surface area contributed by atoms with Gasteiger partial charge in [0.1, 0.15) is 24.1 Å². The molecule has 5 atom stereocenters. The normalized spacial score (nSPS) is 19.8. The Balaban J connectivity index is 1.06. The predicted molar refractivity (Wildman–Crippen MR) is 229 cm³/mol. The Hall–Kier alpha value is -6.35. The smallest absolute Gasteiger partial charge is 0.407 e. The third-order valence-electron chi connectivity index (χ3n) is 11.5. The Bertz CT molecular complexity index is 2170. The molecule has 1 aromatic heterocycles. The fraction of sp³-hybridized carbons (Fsp3) is 0.400. The number of rotatable bonds is 12. The van der Waals surface area contributed by atoms with Crippen LogP contribution in [0, 0.1) is 11.8 Å². The molecule has 0 radical (unpaired) electrons. The number of aromatic amines is 1. The second-order valence-corrected chi connectivity index (χ2v) is 16.1. The van der Waals surface area contributed by atoms with Gasteiger partial charge in [-0.2, -0.15) is 0 Å². The molecule has 316 valence electrons. The molecule has 7 rings (SSSR count). The van der Waals surface area contributed by atoms with Crippen molar-refractivity contribution >= 4 is 35.4 Å². The molecule has 3 aliphatic rings. The van der Waals surface area contributed by atoms with Crippen LogP contribution in [0.3, 0.4) is 0 Å². The van der Waals surface area contributed by atoms with Crippen molar-refractivity contribution in [2.45, 2.75) is 70.9 Å². The number of nitrogens with zero attached hydrogens (tertiary/aromatic N) is 4. The first kappa shape index (κ1) is 41.8. The zero-order chi connectivity index (χ0) is 42.5. The molecule has 0 aliphatic carbocycles. The van der Waals surface area contributed by atoms with Gasteiger partial charge in [0, 0.05) is 25.0 Å². The Morgan fingerprint density at radius 3 is 1.95 bits per heavy atom. The van der Waals surface area contributed by atoms with Crippen molar-refractivity contribution in [2.24, 2.45) is 11.8 Å². The maximum Gasteiger partial charge on any atom is 0.407 e. The predicted octanol–water partition coefficient (Wildman–Crippen LogP) is 5.66. The molecule has 0 bridgehead atoms. The van der Waals surface area contributed by atoms with Gasteiger partial charge in [0.05, 0.1) is 50.6 Å². The van der Waals surface area contributed by atoms with Gasteiger partial charge < -0.3 is 40.2 Å². The summed E-state index contributed by atoms with van der Waals surface area (Å²) in [4.78, 5) is 65.9. The minimum absolute atomic E-state index is 0.107. The molecule has 15 nitrogen and oxygen atoms in total. The minimum Gasteiger partial charge on any atom is -0.453 e. The van der Waals surface area contributed by atoms with E-state index < -0.39 is 30.4 Å². The highest BCUT2D eigenvalue weighted by atomic mass is 16.5. The number of aromatic nitrogens is 2. The van der Waals surface area contributed by atoms with Gasteiger partial charge in [-0.1, -0.05) is 94.4 Å². The molecule has 15 heteroatoms.